The van der Waals surface area contributed by atoms with Gasteiger partial charge in [-0.25, -0.2) is 0 Å². The molecular weight excluding hydrogens is 204 g/mol. The van der Waals surface area contributed by atoms with Crippen molar-refractivity contribution in [3.05, 3.63) is 83.1 Å². The van der Waals surface area contributed by atoms with E-state index in [9.17, 15) is 0 Å². The lowest BCUT2D eigenvalue weighted by Crippen LogP contribution is -1.89. The molecule has 0 unspecified atom stereocenters. The molecular formula is C17H16. The van der Waals surface area contributed by atoms with Crippen LogP contribution < -0.4 is 0 Å². The Hall–Kier alpha value is -2.04. The summed E-state index contributed by atoms with van der Waals surface area (Å²) in [5, 5.41) is 0. The first-order chi connectivity index (χ1) is 8.20. The smallest absolute Gasteiger partial charge is 0.0303 e. The first-order valence-electron chi connectivity index (χ1n) is 5.75. The second-order valence-corrected chi connectivity index (χ2v) is 4.29. The van der Waals surface area contributed by atoms with Crippen LogP contribution in [0.2, 0.25) is 0 Å². The normalized spacial score (nSPS) is 9.76. The quantitative estimate of drug-likeness (QED) is 0.653. The number of benzene rings is 2. The van der Waals surface area contributed by atoms with Gasteiger partial charge in [-0.1, -0.05) is 66.2 Å². The Labute approximate surface area is 103 Å². The fourth-order valence-corrected chi connectivity index (χ4v) is 2.09. The molecule has 0 aliphatic heterocycles. The average molecular weight is 220 g/mol. The molecule has 0 aliphatic rings. The second kappa shape index (κ2) is 4.86. The third kappa shape index (κ3) is 2.55. The highest BCUT2D eigenvalue weighted by Crippen LogP contribution is 2.23. The molecule has 0 saturated heterocycles. The van der Waals surface area contributed by atoms with E-state index in [0.29, 0.717) is 0 Å². The lowest BCUT2D eigenvalue weighted by molar-refractivity contribution is 1.36. The molecule has 84 valence electrons. The van der Waals surface area contributed by atoms with Crippen molar-refractivity contribution in [3.8, 4) is 0 Å². The molecule has 0 aliphatic carbocycles. The lowest BCUT2D eigenvalue weighted by atomic mass is 9.96. The van der Waals surface area contributed by atoms with Gasteiger partial charge in [0, 0.05) is 5.57 Å². The molecule has 0 amide bonds. The van der Waals surface area contributed by atoms with Crippen LogP contribution in [0.4, 0.5) is 0 Å². The highest BCUT2D eigenvalue weighted by atomic mass is 14.1. The summed E-state index contributed by atoms with van der Waals surface area (Å²) in [6, 6.07) is 16.8. The van der Waals surface area contributed by atoms with Crippen molar-refractivity contribution in [3.63, 3.8) is 0 Å². The van der Waals surface area contributed by atoms with Crippen molar-refractivity contribution in [2.45, 2.75) is 13.8 Å². The predicted molar refractivity (Wildman–Crippen MR) is 74.0 cm³/mol. The predicted octanol–water partition coefficient (Wildman–Crippen LogP) is 4.52. The Kier molecular flexibility index (Phi) is 3.27. The van der Waals surface area contributed by atoms with Crippen LogP contribution in [0, 0.1) is 13.8 Å². The van der Waals surface area contributed by atoms with Crippen molar-refractivity contribution in [2.24, 2.45) is 0 Å². The largest absolute Gasteiger partial charge is 0.119 e. The number of hydrogen-bond donors (Lipinski definition) is 0. The number of hydrogen-bond acceptors (Lipinski definition) is 0. The van der Waals surface area contributed by atoms with Gasteiger partial charge in [-0.2, -0.15) is 0 Å². The van der Waals surface area contributed by atoms with Crippen LogP contribution in [-0.2, 0) is 0 Å². The molecule has 0 aromatic heterocycles. The van der Waals surface area contributed by atoms with Crippen molar-refractivity contribution in [1.82, 2.24) is 0 Å². The van der Waals surface area contributed by atoms with Gasteiger partial charge >= 0.3 is 0 Å². The Morgan fingerprint density at radius 3 is 2.00 bits per heavy atom. The first-order valence-corrected chi connectivity index (χ1v) is 5.75. The zero-order valence-corrected chi connectivity index (χ0v) is 10.3. The molecule has 0 saturated carbocycles. The van der Waals surface area contributed by atoms with Crippen LogP contribution in [0.15, 0.2) is 60.8 Å². The van der Waals surface area contributed by atoms with E-state index >= 15 is 0 Å². The van der Waals surface area contributed by atoms with Gasteiger partial charge in [-0.05, 0) is 25.0 Å². The van der Waals surface area contributed by atoms with Gasteiger partial charge < -0.3 is 0 Å². The van der Waals surface area contributed by atoms with E-state index < -0.39 is 0 Å². The lowest BCUT2D eigenvalue weighted by Gasteiger charge is -2.08. The minimum atomic E-state index is 1.07. The molecule has 0 radical (unpaired) electrons. The molecule has 0 nitrogen and oxygen atoms in total. The van der Waals surface area contributed by atoms with Gasteiger partial charge in [0.1, 0.15) is 0 Å². The van der Waals surface area contributed by atoms with Crippen LogP contribution in [0.5, 0.6) is 0 Å². The Morgan fingerprint density at radius 1 is 0.882 bits per heavy atom. The summed E-state index contributed by atoms with van der Waals surface area (Å²) >= 11 is 0. The van der Waals surface area contributed by atoms with E-state index in [-0.39, 0.29) is 0 Å². The zero-order valence-electron chi connectivity index (χ0n) is 10.3. The van der Waals surface area contributed by atoms with Gasteiger partial charge in [0.25, 0.3) is 0 Å². The summed E-state index contributed by atoms with van der Waals surface area (Å²) in [4.78, 5) is 0. The van der Waals surface area contributed by atoms with E-state index in [1.54, 1.807) is 0 Å². The van der Waals surface area contributed by atoms with Gasteiger partial charge in [0.15, 0.2) is 0 Å². The number of rotatable bonds is 2. The molecule has 0 atom stereocenters. The van der Waals surface area contributed by atoms with E-state index in [4.69, 9.17) is 0 Å². The van der Waals surface area contributed by atoms with Crippen LogP contribution in [0.25, 0.3) is 5.57 Å². The molecule has 2 rings (SSSR count). The maximum Gasteiger partial charge on any atom is 0.0303 e. The van der Waals surface area contributed by atoms with Crippen molar-refractivity contribution in [2.75, 3.05) is 0 Å². The fourth-order valence-electron chi connectivity index (χ4n) is 2.09. The SMILES string of the molecule is C=C=C(c1ccccc1)c1cc(C)cc(C)c1. The van der Waals surface area contributed by atoms with Gasteiger partial charge in [-0.3, -0.25) is 0 Å². The summed E-state index contributed by atoms with van der Waals surface area (Å²) in [6.45, 7) is 8.04. The standard InChI is InChI=1S/C17H16/c1-4-17(15-8-6-5-7-9-15)16-11-13(2)10-14(3)12-16/h5-12H,1H2,2-3H3. The molecule has 0 spiro atoms. The zero-order chi connectivity index (χ0) is 12.3. The Balaban J connectivity index is 2.55. The van der Waals surface area contributed by atoms with E-state index in [2.05, 4.69) is 56.5 Å². The molecule has 0 heterocycles. The second-order valence-electron chi connectivity index (χ2n) is 4.29. The van der Waals surface area contributed by atoms with Crippen molar-refractivity contribution < 1.29 is 0 Å². The summed E-state index contributed by atoms with van der Waals surface area (Å²) in [7, 11) is 0. The molecule has 0 heteroatoms. The summed E-state index contributed by atoms with van der Waals surface area (Å²) < 4.78 is 0. The van der Waals surface area contributed by atoms with Gasteiger partial charge in [-0.15, -0.1) is 5.73 Å². The molecule has 0 fully saturated rings. The van der Waals surface area contributed by atoms with Crippen LogP contribution in [0.1, 0.15) is 22.3 Å². The molecule has 17 heavy (non-hydrogen) atoms. The monoisotopic (exact) mass is 220 g/mol. The minimum Gasteiger partial charge on any atom is -0.119 e. The minimum absolute atomic E-state index is 1.07. The van der Waals surface area contributed by atoms with Crippen molar-refractivity contribution >= 4 is 5.57 Å². The Morgan fingerprint density at radius 2 is 1.47 bits per heavy atom. The first kappa shape index (κ1) is 11.4. The highest BCUT2D eigenvalue weighted by Gasteiger charge is 2.04. The topological polar surface area (TPSA) is 0 Å². The fraction of sp³-hybridized carbons (Fsp3) is 0.118. The molecule has 2 aromatic carbocycles. The third-order valence-corrected chi connectivity index (χ3v) is 2.75. The van der Waals surface area contributed by atoms with Crippen LogP contribution in [-0.4, -0.2) is 0 Å². The third-order valence-electron chi connectivity index (χ3n) is 2.75. The maximum absolute atomic E-state index is 3.81. The van der Waals surface area contributed by atoms with E-state index in [1.807, 2.05) is 18.2 Å². The van der Waals surface area contributed by atoms with Gasteiger partial charge in [0.2, 0.25) is 0 Å². The molecule has 2 aromatic rings. The number of aryl methyl sites for hydroxylation is 2. The van der Waals surface area contributed by atoms with Gasteiger partial charge in [0.05, 0.1) is 0 Å². The highest BCUT2D eigenvalue weighted by molar-refractivity contribution is 5.79. The van der Waals surface area contributed by atoms with E-state index in [1.165, 1.54) is 16.7 Å². The van der Waals surface area contributed by atoms with E-state index in [0.717, 1.165) is 11.1 Å². The average Bonchev–Trinajstić information content (AvgIpc) is 2.30. The summed E-state index contributed by atoms with van der Waals surface area (Å²) in [5.74, 6) is 0. The van der Waals surface area contributed by atoms with Crippen LogP contribution >= 0.6 is 0 Å². The summed E-state index contributed by atoms with van der Waals surface area (Å²) in [6.07, 6.45) is 0. The van der Waals surface area contributed by atoms with Crippen LogP contribution in [0.3, 0.4) is 0 Å². The molecule has 0 N–H and O–H groups in total. The Bertz CT molecular complexity index is 550. The van der Waals surface area contributed by atoms with Crippen molar-refractivity contribution in [1.29, 1.82) is 0 Å². The maximum atomic E-state index is 3.81. The summed E-state index contributed by atoms with van der Waals surface area (Å²) in [5.41, 5.74) is 9.00. The molecule has 0 bridgehead atoms.